The van der Waals surface area contributed by atoms with Gasteiger partial charge in [0.25, 0.3) is 0 Å². The molecule has 1 rings (SSSR count). The number of carboxylic acids is 1. The molecule has 12 nitrogen and oxygen atoms in total. The topological polar surface area (TPSA) is 175 Å². The first-order chi connectivity index (χ1) is 35.6. The van der Waals surface area contributed by atoms with Gasteiger partial charge in [-0.05, 0) is 89.9 Å². The number of carbonyl (C=O) groups excluding carboxylic acids is 3. The Hall–Kier alpha value is -4.10. The van der Waals surface area contributed by atoms with E-state index in [1.54, 1.807) is 0 Å². The van der Waals surface area contributed by atoms with E-state index in [2.05, 4.69) is 106 Å². The molecule has 0 aromatic carbocycles. The summed E-state index contributed by atoms with van der Waals surface area (Å²) in [5.74, 6) is -3.19. The molecule has 0 aromatic rings. The van der Waals surface area contributed by atoms with E-state index >= 15 is 0 Å². The van der Waals surface area contributed by atoms with Gasteiger partial charge < -0.3 is 39.0 Å². The van der Waals surface area contributed by atoms with E-state index in [4.69, 9.17) is 23.7 Å². The number of allylic oxidation sites excluding steroid dienone is 14. The highest BCUT2D eigenvalue weighted by atomic mass is 16.7. The van der Waals surface area contributed by atoms with E-state index in [0.29, 0.717) is 19.3 Å². The molecule has 3 N–H and O–H groups in total. The van der Waals surface area contributed by atoms with Gasteiger partial charge >= 0.3 is 23.9 Å². The number of ether oxygens (including phenoxy) is 5. The quantitative estimate of drug-likeness (QED) is 0.0228. The molecule has 416 valence electrons. The maximum atomic E-state index is 13.1. The van der Waals surface area contributed by atoms with Crippen LogP contribution in [0.25, 0.3) is 0 Å². The minimum Gasteiger partial charge on any atom is -0.479 e. The summed E-state index contributed by atoms with van der Waals surface area (Å²) in [6, 6.07) is 0. The Morgan fingerprint density at radius 1 is 0.466 bits per heavy atom. The highest BCUT2D eigenvalue weighted by Gasteiger charge is 2.50. The molecule has 1 saturated heterocycles. The van der Waals surface area contributed by atoms with Crippen LogP contribution in [0.2, 0.25) is 0 Å². The fraction of sp³-hybridized carbons (Fsp3) is 0.705. The molecule has 0 spiro atoms. The zero-order valence-corrected chi connectivity index (χ0v) is 45.6. The van der Waals surface area contributed by atoms with E-state index in [0.717, 1.165) is 109 Å². The van der Waals surface area contributed by atoms with Crippen molar-refractivity contribution in [3.05, 3.63) is 85.1 Å². The summed E-state index contributed by atoms with van der Waals surface area (Å²) in [5.41, 5.74) is 0. The third kappa shape index (κ3) is 39.0. The van der Waals surface area contributed by atoms with Crippen molar-refractivity contribution in [2.75, 3.05) is 13.2 Å². The smallest absolute Gasteiger partial charge is 0.335 e. The molecule has 73 heavy (non-hydrogen) atoms. The second kappa shape index (κ2) is 48.8. The van der Waals surface area contributed by atoms with E-state index in [1.807, 2.05) is 0 Å². The van der Waals surface area contributed by atoms with Gasteiger partial charge in [-0.25, -0.2) is 4.79 Å². The molecular formula is C61H100O12. The van der Waals surface area contributed by atoms with Gasteiger partial charge in [0, 0.05) is 19.3 Å². The summed E-state index contributed by atoms with van der Waals surface area (Å²) < 4.78 is 28.3. The lowest BCUT2D eigenvalue weighted by atomic mass is 9.98. The van der Waals surface area contributed by atoms with Crippen molar-refractivity contribution < 1.29 is 58.2 Å². The lowest BCUT2D eigenvalue weighted by Crippen LogP contribution is -2.61. The standard InChI is InChI=1S/C61H100O12/c1-4-7-10-13-16-19-22-25-26-27-28-31-32-35-38-41-44-47-53(62)69-50-52(71-54(63)48-45-42-39-36-33-29-23-20-17-14-11-8-5-2)51-70-61-59(57(66)56(65)58(73-61)60(67)68)72-55(64)49-46-43-40-37-34-30-24-21-18-15-12-9-6-3/h7,9-10,12,16,18-19,21,25-26,28,30-31,34,52,56-59,61,65-66H,4-6,8,11,13-15,17,20,22-24,27,29,32-33,35-51H2,1-3H3,(H,67,68)/b10-7-,12-9-,19-16-,21-18-,26-25-,31-28-,34-30-. The zero-order chi connectivity index (χ0) is 53.3. The zero-order valence-electron chi connectivity index (χ0n) is 45.6. The Morgan fingerprint density at radius 2 is 0.863 bits per heavy atom. The van der Waals surface area contributed by atoms with Gasteiger partial charge in [-0.15, -0.1) is 0 Å². The average Bonchev–Trinajstić information content (AvgIpc) is 3.37. The van der Waals surface area contributed by atoms with Crippen LogP contribution in [0.1, 0.15) is 226 Å². The predicted molar refractivity (Wildman–Crippen MR) is 294 cm³/mol. The molecule has 6 unspecified atom stereocenters. The second-order valence-electron chi connectivity index (χ2n) is 19.2. The fourth-order valence-electron chi connectivity index (χ4n) is 8.14. The average molecular weight is 1030 g/mol. The molecular weight excluding hydrogens is 925 g/mol. The van der Waals surface area contributed by atoms with Gasteiger partial charge in [0.05, 0.1) is 6.61 Å². The SMILES string of the molecule is CC/C=C\C/C=C\C/C=C\C/C=C\CCCCCCC(=O)OCC(COC1OC(C(=O)O)C(O)C(O)C1OC(=O)CCCCC/C=C\C/C=C\C/C=C\CC)OC(=O)CCCCCCCCCCCCCCC. The van der Waals surface area contributed by atoms with Gasteiger partial charge in [0.1, 0.15) is 18.8 Å². The van der Waals surface area contributed by atoms with Crippen LogP contribution in [0.5, 0.6) is 0 Å². The monoisotopic (exact) mass is 1020 g/mol. The van der Waals surface area contributed by atoms with Gasteiger partial charge in [0.2, 0.25) is 0 Å². The minimum atomic E-state index is -1.92. The summed E-state index contributed by atoms with van der Waals surface area (Å²) in [6.07, 6.45) is 49.9. The molecule has 0 saturated carbocycles. The number of carbonyl (C=O) groups is 4. The lowest BCUT2D eigenvalue weighted by molar-refractivity contribution is -0.301. The first kappa shape index (κ1) is 66.9. The highest BCUT2D eigenvalue weighted by Crippen LogP contribution is 2.26. The van der Waals surface area contributed by atoms with E-state index in [-0.39, 0.29) is 25.9 Å². The number of hydrogen-bond acceptors (Lipinski definition) is 11. The van der Waals surface area contributed by atoms with E-state index in [1.165, 1.54) is 57.8 Å². The Kier molecular flexibility index (Phi) is 44.7. The van der Waals surface area contributed by atoms with Crippen molar-refractivity contribution in [2.45, 2.75) is 263 Å². The summed E-state index contributed by atoms with van der Waals surface area (Å²) in [5, 5.41) is 31.4. The number of aliphatic hydroxyl groups is 2. The van der Waals surface area contributed by atoms with Crippen LogP contribution in [0.4, 0.5) is 0 Å². The Bertz CT molecular complexity index is 1590. The van der Waals surface area contributed by atoms with Crippen LogP contribution < -0.4 is 0 Å². The molecule has 0 aliphatic carbocycles. The number of esters is 3. The molecule has 1 aliphatic heterocycles. The molecule has 1 heterocycles. The van der Waals surface area contributed by atoms with Crippen molar-refractivity contribution in [3.8, 4) is 0 Å². The van der Waals surface area contributed by atoms with Crippen LogP contribution in [0.3, 0.4) is 0 Å². The summed E-state index contributed by atoms with van der Waals surface area (Å²) in [4.78, 5) is 51.0. The molecule has 1 aliphatic rings. The van der Waals surface area contributed by atoms with Crippen molar-refractivity contribution >= 4 is 23.9 Å². The van der Waals surface area contributed by atoms with E-state index < -0.39 is 67.3 Å². The number of unbranched alkanes of at least 4 members (excludes halogenated alkanes) is 19. The van der Waals surface area contributed by atoms with E-state index in [9.17, 15) is 34.5 Å². The van der Waals surface area contributed by atoms with Gasteiger partial charge in [-0.3, -0.25) is 14.4 Å². The molecule has 0 amide bonds. The molecule has 6 atom stereocenters. The lowest BCUT2D eigenvalue weighted by Gasteiger charge is -2.40. The fourth-order valence-corrected chi connectivity index (χ4v) is 8.14. The van der Waals surface area contributed by atoms with Gasteiger partial charge in [0.15, 0.2) is 24.6 Å². The van der Waals surface area contributed by atoms with Crippen LogP contribution in [-0.2, 0) is 42.9 Å². The third-order valence-corrected chi connectivity index (χ3v) is 12.5. The third-order valence-electron chi connectivity index (χ3n) is 12.5. The van der Waals surface area contributed by atoms with Crippen LogP contribution in [0.15, 0.2) is 85.1 Å². The second-order valence-corrected chi connectivity index (χ2v) is 19.2. The summed E-state index contributed by atoms with van der Waals surface area (Å²) in [7, 11) is 0. The summed E-state index contributed by atoms with van der Waals surface area (Å²) >= 11 is 0. The van der Waals surface area contributed by atoms with Gasteiger partial charge in [-0.2, -0.15) is 0 Å². The number of aliphatic carboxylic acids is 1. The Balaban J connectivity index is 2.73. The minimum absolute atomic E-state index is 0.0206. The first-order valence-electron chi connectivity index (χ1n) is 28.6. The normalized spacial score (nSPS) is 18.9. The predicted octanol–water partition coefficient (Wildman–Crippen LogP) is 14.3. The Morgan fingerprint density at radius 3 is 1.33 bits per heavy atom. The molecule has 0 aromatic heterocycles. The molecule has 1 fully saturated rings. The van der Waals surface area contributed by atoms with Crippen LogP contribution in [0, 0.1) is 0 Å². The van der Waals surface area contributed by atoms with Crippen molar-refractivity contribution in [3.63, 3.8) is 0 Å². The largest absolute Gasteiger partial charge is 0.479 e. The maximum absolute atomic E-state index is 13.1. The molecule has 0 radical (unpaired) electrons. The Labute approximate surface area is 441 Å². The van der Waals surface area contributed by atoms with Gasteiger partial charge in [-0.1, -0.05) is 202 Å². The van der Waals surface area contributed by atoms with Crippen molar-refractivity contribution in [2.24, 2.45) is 0 Å². The maximum Gasteiger partial charge on any atom is 0.335 e. The molecule has 0 bridgehead atoms. The number of hydrogen-bond donors (Lipinski definition) is 3. The molecule has 12 heteroatoms. The summed E-state index contributed by atoms with van der Waals surface area (Å²) in [6.45, 7) is 5.72. The number of carboxylic acid groups (broad SMARTS) is 1. The van der Waals surface area contributed by atoms with Crippen LogP contribution >= 0.6 is 0 Å². The van der Waals surface area contributed by atoms with Crippen molar-refractivity contribution in [1.29, 1.82) is 0 Å². The highest BCUT2D eigenvalue weighted by molar-refractivity contribution is 5.74. The number of rotatable bonds is 47. The first-order valence-corrected chi connectivity index (χ1v) is 28.6. The van der Waals surface area contributed by atoms with Crippen molar-refractivity contribution in [1.82, 2.24) is 0 Å². The number of aliphatic hydroxyl groups excluding tert-OH is 2. The van der Waals surface area contributed by atoms with Crippen LogP contribution in [-0.4, -0.2) is 89.2 Å².